The number of nitriles is 1. The largest absolute Gasteiger partial charge is 0.477 e. The van der Waals surface area contributed by atoms with Gasteiger partial charge in [-0.05, 0) is 18.6 Å². The van der Waals surface area contributed by atoms with Gasteiger partial charge in [-0.1, -0.05) is 0 Å². The maximum atomic E-state index is 10.5. The van der Waals surface area contributed by atoms with Gasteiger partial charge in [-0.25, -0.2) is 4.79 Å². The average molecular weight is 167 g/mol. The predicted molar refractivity (Wildman–Crippen MR) is 40.7 cm³/mol. The summed E-state index contributed by atoms with van der Waals surface area (Å²) in [7, 11) is 0. The van der Waals surface area contributed by atoms with Gasteiger partial charge < -0.3 is 5.11 Å². The van der Waals surface area contributed by atoms with Crippen molar-refractivity contribution in [2.45, 2.75) is 6.92 Å². The minimum absolute atomic E-state index is 0.251. The Bertz CT molecular complexity index is 335. The number of rotatable bonds is 1. The van der Waals surface area contributed by atoms with Crippen LogP contribution in [-0.4, -0.2) is 11.1 Å². The maximum Gasteiger partial charge on any atom is 0.346 e. The molecule has 0 aliphatic carbocycles. The van der Waals surface area contributed by atoms with Crippen molar-refractivity contribution < 1.29 is 9.90 Å². The fourth-order valence-electron chi connectivity index (χ4n) is 0.750. The third-order valence-electron chi connectivity index (χ3n) is 1.22. The van der Waals surface area contributed by atoms with Gasteiger partial charge in [0.15, 0.2) is 0 Å². The van der Waals surface area contributed by atoms with E-state index >= 15 is 0 Å². The van der Waals surface area contributed by atoms with E-state index in [-0.39, 0.29) is 4.88 Å². The molecule has 0 radical (unpaired) electrons. The van der Waals surface area contributed by atoms with Crippen LogP contribution in [0, 0.1) is 18.3 Å². The van der Waals surface area contributed by atoms with E-state index in [1.807, 2.05) is 6.07 Å². The summed E-state index contributed by atoms with van der Waals surface area (Å²) < 4.78 is 0. The van der Waals surface area contributed by atoms with Gasteiger partial charge in [0.1, 0.15) is 15.8 Å². The van der Waals surface area contributed by atoms with Gasteiger partial charge in [0.25, 0.3) is 0 Å². The van der Waals surface area contributed by atoms with Crippen molar-refractivity contribution in [3.05, 3.63) is 21.4 Å². The Morgan fingerprint density at radius 3 is 2.73 bits per heavy atom. The Balaban J connectivity index is 3.20. The molecule has 0 spiro atoms. The van der Waals surface area contributed by atoms with Crippen LogP contribution in [0.5, 0.6) is 0 Å². The summed E-state index contributed by atoms with van der Waals surface area (Å²) in [5.74, 6) is -0.964. The molecule has 0 aromatic carbocycles. The number of carboxylic acids is 1. The highest BCUT2D eigenvalue weighted by atomic mass is 32.1. The lowest BCUT2D eigenvalue weighted by Crippen LogP contribution is -1.93. The summed E-state index contributed by atoms with van der Waals surface area (Å²) in [5, 5.41) is 17.0. The molecule has 0 unspecified atom stereocenters. The van der Waals surface area contributed by atoms with Gasteiger partial charge in [0.05, 0.1) is 0 Å². The fourth-order valence-corrected chi connectivity index (χ4v) is 1.56. The predicted octanol–water partition coefficient (Wildman–Crippen LogP) is 1.63. The number of hydrogen-bond donors (Lipinski definition) is 1. The first-order valence-corrected chi connectivity index (χ1v) is 3.70. The average Bonchev–Trinajstić information content (AvgIpc) is 2.30. The first-order chi connectivity index (χ1) is 5.15. The third kappa shape index (κ3) is 1.38. The second-order valence-corrected chi connectivity index (χ2v) is 3.09. The van der Waals surface area contributed by atoms with Crippen LogP contribution in [-0.2, 0) is 0 Å². The molecule has 0 saturated carbocycles. The quantitative estimate of drug-likeness (QED) is 0.691. The van der Waals surface area contributed by atoms with E-state index in [1.165, 1.54) is 0 Å². The Hall–Kier alpha value is -1.34. The molecule has 0 saturated heterocycles. The number of carbonyl (C=O) groups is 1. The molecule has 0 aliphatic heterocycles. The summed E-state index contributed by atoms with van der Waals surface area (Å²) in [5.41, 5.74) is 0.652. The van der Waals surface area contributed by atoms with Crippen molar-refractivity contribution in [3.8, 4) is 6.07 Å². The molecule has 1 rings (SSSR count). The van der Waals surface area contributed by atoms with Crippen LogP contribution >= 0.6 is 11.3 Å². The first kappa shape index (κ1) is 7.76. The fraction of sp³-hybridized carbons (Fsp3) is 0.143. The molecule has 0 bridgehead atoms. The van der Waals surface area contributed by atoms with Crippen LogP contribution in [0.15, 0.2) is 6.07 Å². The maximum absolute atomic E-state index is 10.5. The molecule has 1 aromatic rings. The van der Waals surface area contributed by atoms with Gasteiger partial charge in [-0.2, -0.15) is 5.26 Å². The molecule has 0 atom stereocenters. The molecule has 1 aromatic heterocycles. The van der Waals surface area contributed by atoms with E-state index in [1.54, 1.807) is 13.0 Å². The molecule has 1 heterocycles. The Morgan fingerprint density at radius 1 is 1.82 bits per heavy atom. The Kier molecular flexibility index (Phi) is 1.92. The van der Waals surface area contributed by atoms with E-state index in [0.29, 0.717) is 10.4 Å². The van der Waals surface area contributed by atoms with Gasteiger partial charge >= 0.3 is 5.97 Å². The van der Waals surface area contributed by atoms with Crippen molar-refractivity contribution >= 4 is 17.3 Å². The normalized spacial score (nSPS) is 9.09. The molecule has 1 N–H and O–H groups in total. The number of thiophene rings is 1. The summed E-state index contributed by atoms with van der Waals surface area (Å²) >= 11 is 1.01. The molecule has 56 valence electrons. The van der Waals surface area contributed by atoms with Crippen molar-refractivity contribution in [1.29, 1.82) is 5.26 Å². The molecule has 0 fully saturated rings. The second kappa shape index (κ2) is 2.72. The van der Waals surface area contributed by atoms with Crippen LogP contribution in [0.3, 0.4) is 0 Å². The zero-order valence-corrected chi connectivity index (χ0v) is 6.60. The van der Waals surface area contributed by atoms with Crippen LogP contribution in [0.1, 0.15) is 20.1 Å². The molecule has 11 heavy (non-hydrogen) atoms. The number of aromatic carboxylic acids is 1. The molecule has 3 nitrogen and oxygen atoms in total. The van der Waals surface area contributed by atoms with Gasteiger partial charge in [-0.15, -0.1) is 11.3 Å². The molecule has 0 aliphatic rings. The SMILES string of the molecule is Cc1cc(C#N)sc1C(=O)O. The van der Waals surface area contributed by atoms with Crippen molar-refractivity contribution in [2.24, 2.45) is 0 Å². The summed E-state index contributed by atoms with van der Waals surface area (Å²) in [6.07, 6.45) is 0. The monoisotopic (exact) mass is 167 g/mol. The lowest BCUT2D eigenvalue weighted by Gasteiger charge is -1.86. The zero-order valence-electron chi connectivity index (χ0n) is 5.79. The van der Waals surface area contributed by atoms with E-state index in [2.05, 4.69) is 0 Å². The number of hydrogen-bond acceptors (Lipinski definition) is 3. The Labute approximate surface area is 67.5 Å². The Morgan fingerprint density at radius 2 is 2.45 bits per heavy atom. The van der Waals surface area contributed by atoms with E-state index in [0.717, 1.165) is 11.3 Å². The third-order valence-corrected chi connectivity index (χ3v) is 2.35. The minimum Gasteiger partial charge on any atom is -0.477 e. The van der Waals surface area contributed by atoms with Crippen molar-refractivity contribution in [3.63, 3.8) is 0 Å². The molecular weight excluding hydrogens is 162 g/mol. The lowest BCUT2D eigenvalue weighted by atomic mass is 10.3. The highest BCUT2D eigenvalue weighted by Crippen LogP contribution is 2.20. The summed E-state index contributed by atoms with van der Waals surface area (Å²) in [4.78, 5) is 11.1. The van der Waals surface area contributed by atoms with Crippen LogP contribution < -0.4 is 0 Å². The molecular formula is C7H5NO2S. The number of aryl methyl sites for hydroxylation is 1. The van der Waals surface area contributed by atoms with E-state index < -0.39 is 5.97 Å². The van der Waals surface area contributed by atoms with Gasteiger partial charge in [-0.3, -0.25) is 0 Å². The lowest BCUT2D eigenvalue weighted by molar-refractivity contribution is 0.0701. The molecule has 0 amide bonds. The van der Waals surface area contributed by atoms with Gasteiger partial charge in [0.2, 0.25) is 0 Å². The second-order valence-electron chi connectivity index (χ2n) is 2.04. The van der Waals surface area contributed by atoms with E-state index in [9.17, 15) is 4.79 Å². The minimum atomic E-state index is -0.964. The van der Waals surface area contributed by atoms with Crippen LogP contribution in [0.25, 0.3) is 0 Å². The number of carboxylic acid groups (broad SMARTS) is 1. The van der Waals surface area contributed by atoms with Crippen molar-refractivity contribution in [1.82, 2.24) is 0 Å². The summed E-state index contributed by atoms with van der Waals surface area (Å²) in [6, 6.07) is 3.48. The van der Waals surface area contributed by atoms with Gasteiger partial charge in [0, 0.05) is 0 Å². The molecule has 4 heteroatoms. The van der Waals surface area contributed by atoms with Crippen LogP contribution in [0.4, 0.5) is 0 Å². The van der Waals surface area contributed by atoms with Crippen LogP contribution in [0.2, 0.25) is 0 Å². The summed E-state index contributed by atoms with van der Waals surface area (Å²) in [6.45, 7) is 1.68. The topological polar surface area (TPSA) is 61.1 Å². The van der Waals surface area contributed by atoms with Crippen molar-refractivity contribution in [2.75, 3.05) is 0 Å². The first-order valence-electron chi connectivity index (χ1n) is 2.89. The highest BCUT2D eigenvalue weighted by Gasteiger charge is 2.10. The highest BCUT2D eigenvalue weighted by molar-refractivity contribution is 7.14. The smallest absolute Gasteiger partial charge is 0.346 e. The van der Waals surface area contributed by atoms with E-state index in [4.69, 9.17) is 10.4 Å². The zero-order chi connectivity index (χ0) is 8.43. The standard InChI is InChI=1S/C7H5NO2S/c1-4-2-5(3-8)11-6(4)7(9)10/h2H,1H3,(H,9,10). The number of nitrogens with zero attached hydrogens (tertiary/aromatic N) is 1.